The molecule has 8 heteroatoms. The van der Waals surface area contributed by atoms with E-state index < -0.39 is 0 Å². The maximum Gasteiger partial charge on any atom is 0.239 e. The predicted octanol–water partition coefficient (Wildman–Crippen LogP) is 14.2. The molecule has 0 radical (unpaired) electrons. The van der Waals surface area contributed by atoms with E-state index in [1.54, 1.807) is 0 Å². The maximum atomic E-state index is 6.47. The summed E-state index contributed by atoms with van der Waals surface area (Å²) in [6.07, 6.45) is 8.70. The zero-order valence-corrected chi connectivity index (χ0v) is 39.4. The minimum Gasteiger partial charge on any atom is -0.510 e. The predicted molar refractivity (Wildman–Crippen MR) is 271 cm³/mol. The Kier molecular flexibility index (Phi) is 8.08. The molecule has 0 atom stereocenters. The van der Waals surface area contributed by atoms with E-state index in [-0.39, 0.29) is 26.5 Å². The van der Waals surface area contributed by atoms with Crippen molar-refractivity contribution in [2.24, 2.45) is 0 Å². The number of nitrogens with one attached hydrogen (secondary N) is 1. The number of fused-ring (bicyclic) bond motifs is 15. The van der Waals surface area contributed by atoms with Crippen LogP contribution in [0.1, 0.15) is 26.3 Å². The van der Waals surface area contributed by atoms with Crippen LogP contribution in [-0.4, -0.2) is 22.9 Å². The number of hydrogen-bond donors (Lipinski definition) is 0. The van der Waals surface area contributed by atoms with Crippen molar-refractivity contribution in [3.8, 4) is 34.1 Å². The third-order valence-corrected chi connectivity index (χ3v) is 14.2. The number of pyridine rings is 1. The third-order valence-electron chi connectivity index (χ3n) is 14.2. The van der Waals surface area contributed by atoms with E-state index in [0.717, 1.165) is 44.4 Å². The molecule has 0 amide bonds. The molecule has 0 bridgehead atoms. The fourth-order valence-corrected chi connectivity index (χ4v) is 11.1. The Hall–Kier alpha value is -7.99. The van der Waals surface area contributed by atoms with Crippen LogP contribution in [0, 0.1) is 18.5 Å². The van der Waals surface area contributed by atoms with Crippen molar-refractivity contribution in [3.05, 3.63) is 194 Å². The molecule has 0 aliphatic rings. The summed E-state index contributed by atoms with van der Waals surface area (Å²) in [5.74, 6) is 2.02. The molecule has 0 aliphatic carbocycles. The standard InChI is InChI=1S/C60H38N6O.Pt/c1-60(2,3)37-23-24-62-57(29-37)64-52-21-17-35(27-47(52)42-20-19-40(31-54(42)64)67-39-10-6-9-38(30-39)63-26-25-61-34-63)36-18-22-53-48(28-36)44-13-8-15-46-50-32-55-49(33-56(50)66(53)59(44)46)45-14-7-12-43-41-11-4-5-16-51(41)65(55)58(43)45;/h4-29,32-33,61H,1-3H3;/q-2;. The maximum absolute atomic E-state index is 6.47. The Morgan fingerprint density at radius 3 is 1.81 bits per heavy atom. The largest absolute Gasteiger partial charge is 0.510 e. The number of hydrogen-bond acceptors (Lipinski definition) is 2. The zero-order chi connectivity index (χ0) is 44.3. The van der Waals surface area contributed by atoms with Gasteiger partial charge in [0.1, 0.15) is 5.82 Å². The third kappa shape index (κ3) is 5.39. The zero-order valence-electron chi connectivity index (χ0n) is 37.1. The van der Waals surface area contributed by atoms with Crippen molar-refractivity contribution in [1.29, 1.82) is 0 Å². The Bertz CT molecular complexity index is 4530. The molecule has 8 aromatic carbocycles. The summed E-state index contributed by atoms with van der Waals surface area (Å²) in [4.78, 5) is 7.93. The number of benzene rings is 8. The van der Waals surface area contributed by atoms with E-state index in [4.69, 9.17) is 9.72 Å². The van der Waals surface area contributed by atoms with Gasteiger partial charge in [0.05, 0.1) is 33.1 Å². The summed E-state index contributed by atoms with van der Waals surface area (Å²) in [5, 5.41) is 12.4. The molecule has 7 heterocycles. The first-order chi connectivity index (χ1) is 32.8. The van der Waals surface area contributed by atoms with E-state index in [9.17, 15) is 0 Å². The normalized spacial score (nSPS) is 12.5. The average Bonchev–Trinajstić information content (AvgIpc) is 4.22. The van der Waals surface area contributed by atoms with Gasteiger partial charge in [-0.05, 0) is 76.0 Å². The first-order valence-corrected chi connectivity index (χ1v) is 22.8. The van der Waals surface area contributed by atoms with Crippen LogP contribution >= 0.6 is 0 Å². The molecule has 68 heavy (non-hydrogen) atoms. The summed E-state index contributed by atoms with van der Waals surface area (Å²) >= 11 is 0. The van der Waals surface area contributed by atoms with E-state index in [2.05, 4.69) is 185 Å². The first kappa shape index (κ1) is 39.2. The van der Waals surface area contributed by atoms with Crippen LogP contribution < -0.4 is 9.72 Å². The van der Waals surface area contributed by atoms with Gasteiger partial charge in [0.15, 0.2) is 0 Å². The van der Waals surface area contributed by atoms with Gasteiger partial charge in [-0.25, -0.2) is 4.98 Å². The molecule has 15 rings (SSSR count). The summed E-state index contributed by atoms with van der Waals surface area (Å²) < 4.78 is 15.5. The molecular formula is C60H38N6OPt-2. The fraction of sp³-hybridized carbons (Fsp3) is 0.0667. The first-order valence-electron chi connectivity index (χ1n) is 22.8. The molecule has 7 nitrogen and oxygen atoms in total. The van der Waals surface area contributed by atoms with Crippen molar-refractivity contribution < 1.29 is 30.8 Å². The Labute approximate surface area is 404 Å². The summed E-state index contributed by atoms with van der Waals surface area (Å²) in [5.41, 5.74) is 13.8. The van der Waals surface area contributed by atoms with Crippen LogP contribution in [0.15, 0.2) is 170 Å². The van der Waals surface area contributed by atoms with Gasteiger partial charge in [0.25, 0.3) is 0 Å². The quantitative estimate of drug-likeness (QED) is 0.161. The van der Waals surface area contributed by atoms with Crippen molar-refractivity contribution in [1.82, 2.24) is 22.9 Å². The second-order valence-electron chi connectivity index (χ2n) is 19.0. The molecule has 1 N–H and O–H groups in total. The van der Waals surface area contributed by atoms with Crippen LogP contribution in [-0.2, 0) is 26.5 Å². The molecule has 326 valence electrons. The number of para-hydroxylation sites is 3. The van der Waals surface area contributed by atoms with E-state index in [1.165, 1.54) is 81.8 Å². The molecular weight excluding hydrogens is 1020 g/mol. The Morgan fingerprint density at radius 1 is 0.515 bits per heavy atom. The number of rotatable bonds is 5. The number of aromatic nitrogens is 6. The topological polar surface area (TPSA) is 54.9 Å². The number of aromatic amines is 1. The second-order valence-corrected chi connectivity index (χ2v) is 19.0. The van der Waals surface area contributed by atoms with Gasteiger partial charge >= 0.3 is 0 Å². The van der Waals surface area contributed by atoms with Gasteiger partial charge in [0, 0.05) is 99.8 Å². The van der Waals surface area contributed by atoms with Crippen LogP contribution in [0.5, 0.6) is 11.5 Å². The monoisotopic (exact) mass is 1050 g/mol. The van der Waals surface area contributed by atoms with Crippen LogP contribution in [0.25, 0.3) is 121 Å². The molecule has 15 aromatic rings. The van der Waals surface area contributed by atoms with Gasteiger partial charge < -0.3 is 27.7 Å². The van der Waals surface area contributed by atoms with E-state index in [1.807, 2.05) is 47.4 Å². The van der Waals surface area contributed by atoms with Crippen LogP contribution in [0.3, 0.4) is 0 Å². The molecule has 0 spiro atoms. The summed E-state index contributed by atoms with van der Waals surface area (Å²) in [7, 11) is 0. The minimum atomic E-state index is -0.0565. The summed E-state index contributed by atoms with van der Waals surface area (Å²) in [6.45, 7) is 6.71. The van der Waals surface area contributed by atoms with Crippen molar-refractivity contribution >= 4 is 98.0 Å². The number of H-pyrrole nitrogens is 1. The molecule has 0 aliphatic heterocycles. The van der Waals surface area contributed by atoms with E-state index in [0.29, 0.717) is 11.5 Å². The Morgan fingerprint density at radius 2 is 1.12 bits per heavy atom. The second kappa shape index (κ2) is 14.0. The Balaban J connectivity index is 0.00000437. The van der Waals surface area contributed by atoms with Gasteiger partial charge in [-0.3, -0.25) is 0 Å². The SMILES string of the molecule is CC(C)(C)c1ccnc(-n2c3[c-]c(Oc4[c-]c(-n5[c-][nH+]cc5)ccc4)ccc3c3cc(-c4ccc5c(c4)c4cccc6c7cc8c(cc7n5c46)c4cccc5c6ccccc6n8c54)ccc32)c1.[Pt]. The van der Waals surface area contributed by atoms with Gasteiger partial charge in [-0.2, -0.15) is 18.2 Å². The van der Waals surface area contributed by atoms with Crippen LogP contribution in [0.2, 0.25) is 0 Å². The van der Waals surface area contributed by atoms with Crippen molar-refractivity contribution in [2.45, 2.75) is 26.2 Å². The van der Waals surface area contributed by atoms with E-state index >= 15 is 0 Å². The minimum absolute atomic E-state index is 0. The molecule has 0 fully saturated rings. The summed E-state index contributed by atoms with van der Waals surface area (Å²) in [6, 6.07) is 62.4. The fourth-order valence-electron chi connectivity index (χ4n) is 11.1. The molecule has 0 unspecified atom stereocenters. The van der Waals surface area contributed by atoms with Crippen molar-refractivity contribution in [2.75, 3.05) is 0 Å². The molecule has 0 saturated heterocycles. The van der Waals surface area contributed by atoms with Crippen molar-refractivity contribution in [3.63, 3.8) is 0 Å². The smallest absolute Gasteiger partial charge is 0.239 e. The molecule has 7 aromatic heterocycles. The average molecular weight is 1050 g/mol. The number of imidazole rings is 1. The van der Waals surface area contributed by atoms with Gasteiger partial charge in [0.2, 0.25) is 6.33 Å². The van der Waals surface area contributed by atoms with Gasteiger partial charge in [-0.15, -0.1) is 29.7 Å². The number of nitrogens with zero attached hydrogens (tertiary/aromatic N) is 5. The van der Waals surface area contributed by atoms with Crippen LogP contribution in [0.4, 0.5) is 0 Å². The van der Waals surface area contributed by atoms with Gasteiger partial charge in [-0.1, -0.05) is 105 Å². The number of ether oxygens (including phenoxy) is 1. The molecule has 0 saturated carbocycles.